The van der Waals surface area contributed by atoms with Gasteiger partial charge in [0, 0.05) is 43.9 Å². The lowest BCUT2D eigenvalue weighted by atomic mass is 10.3. The zero-order valence-electron chi connectivity index (χ0n) is 12.3. The fourth-order valence-electron chi connectivity index (χ4n) is 2.25. The average molecular weight is 337 g/mol. The quantitative estimate of drug-likeness (QED) is 0.892. The van der Waals surface area contributed by atoms with Crippen molar-refractivity contribution in [2.75, 3.05) is 33.9 Å². The molecule has 0 bridgehead atoms. The summed E-state index contributed by atoms with van der Waals surface area (Å²) in [6, 6.07) is 4.62. The van der Waals surface area contributed by atoms with Crippen molar-refractivity contribution in [1.29, 1.82) is 0 Å². The highest BCUT2D eigenvalue weighted by Gasteiger charge is 2.31. The first-order valence-electron chi connectivity index (χ1n) is 6.44. The molecule has 1 aromatic carbocycles. The van der Waals surface area contributed by atoms with Gasteiger partial charge >= 0.3 is 0 Å². The summed E-state index contributed by atoms with van der Waals surface area (Å²) in [6.45, 7) is 3.66. The third-order valence-electron chi connectivity index (χ3n) is 3.37. The van der Waals surface area contributed by atoms with Crippen molar-refractivity contribution in [3.05, 3.63) is 18.2 Å². The molecule has 21 heavy (non-hydrogen) atoms. The Labute approximate surface area is 131 Å². The van der Waals surface area contributed by atoms with Crippen LogP contribution in [0.2, 0.25) is 0 Å². The summed E-state index contributed by atoms with van der Waals surface area (Å²) in [5.41, 5.74) is 0. The van der Waals surface area contributed by atoms with Gasteiger partial charge in [-0.15, -0.1) is 12.4 Å². The molecule has 1 heterocycles. The van der Waals surface area contributed by atoms with E-state index in [0.29, 0.717) is 31.1 Å². The molecule has 1 atom stereocenters. The minimum absolute atomic E-state index is 0. The maximum Gasteiger partial charge on any atom is 0.243 e. The maximum atomic E-state index is 12.7. The number of piperazine rings is 1. The van der Waals surface area contributed by atoms with Crippen molar-refractivity contribution in [3.63, 3.8) is 0 Å². The highest BCUT2D eigenvalue weighted by molar-refractivity contribution is 7.89. The van der Waals surface area contributed by atoms with Crippen LogP contribution in [0.3, 0.4) is 0 Å². The molecule has 2 rings (SSSR count). The first kappa shape index (κ1) is 18.0. The second-order valence-corrected chi connectivity index (χ2v) is 6.61. The van der Waals surface area contributed by atoms with E-state index in [1.54, 1.807) is 6.07 Å². The number of nitrogens with zero attached hydrogens (tertiary/aromatic N) is 1. The summed E-state index contributed by atoms with van der Waals surface area (Å²) in [5, 5.41) is 3.18. The molecule has 0 spiro atoms. The number of benzene rings is 1. The highest BCUT2D eigenvalue weighted by atomic mass is 35.5. The van der Waals surface area contributed by atoms with E-state index >= 15 is 0 Å². The molecule has 0 radical (unpaired) electrons. The predicted molar refractivity (Wildman–Crippen MR) is 83.0 cm³/mol. The summed E-state index contributed by atoms with van der Waals surface area (Å²) in [4.78, 5) is 0.197. The third-order valence-corrected chi connectivity index (χ3v) is 5.36. The Bertz CT molecular complexity index is 557. The lowest BCUT2D eigenvalue weighted by Gasteiger charge is -2.32. The molecule has 0 saturated carbocycles. The molecule has 1 unspecified atom stereocenters. The van der Waals surface area contributed by atoms with E-state index in [2.05, 4.69) is 5.32 Å². The Balaban J connectivity index is 0.00000220. The van der Waals surface area contributed by atoms with Gasteiger partial charge in [-0.25, -0.2) is 8.42 Å². The van der Waals surface area contributed by atoms with E-state index in [1.807, 2.05) is 6.92 Å². The van der Waals surface area contributed by atoms with E-state index in [0.717, 1.165) is 0 Å². The van der Waals surface area contributed by atoms with Gasteiger partial charge in [0.25, 0.3) is 0 Å². The smallest absolute Gasteiger partial charge is 0.243 e. The Morgan fingerprint density at radius 1 is 1.19 bits per heavy atom. The van der Waals surface area contributed by atoms with Crippen LogP contribution in [0, 0.1) is 0 Å². The number of hydrogen-bond donors (Lipinski definition) is 1. The Morgan fingerprint density at radius 3 is 2.24 bits per heavy atom. The van der Waals surface area contributed by atoms with Crippen molar-refractivity contribution < 1.29 is 17.9 Å². The summed E-state index contributed by atoms with van der Waals surface area (Å²) in [6.07, 6.45) is 0. The largest absolute Gasteiger partial charge is 0.497 e. The topological polar surface area (TPSA) is 67.9 Å². The van der Waals surface area contributed by atoms with Crippen molar-refractivity contribution in [2.45, 2.75) is 17.9 Å². The van der Waals surface area contributed by atoms with E-state index in [-0.39, 0.29) is 23.3 Å². The molecule has 8 heteroatoms. The van der Waals surface area contributed by atoms with Gasteiger partial charge in [0.1, 0.15) is 11.5 Å². The monoisotopic (exact) mass is 336 g/mol. The molecular weight excluding hydrogens is 316 g/mol. The van der Waals surface area contributed by atoms with Gasteiger partial charge < -0.3 is 14.8 Å². The molecule has 0 amide bonds. The molecule has 1 fully saturated rings. The molecule has 0 aromatic heterocycles. The van der Waals surface area contributed by atoms with Crippen LogP contribution in [0.25, 0.3) is 0 Å². The summed E-state index contributed by atoms with van der Waals surface area (Å²) in [5.74, 6) is 0.927. The van der Waals surface area contributed by atoms with Gasteiger partial charge in [-0.1, -0.05) is 0 Å². The highest BCUT2D eigenvalue weighted by Crippen LogP contribution is 2.28. The van der Waals surface area contributed by atoms with Crippen LogP contribution in [0.1, 0.15) is 6.92 Å². The Kier molecular flexibility index (Phi) is 6.27. The number of halogens is 1. The number of ether oxygens (including phenoxy) is 2. The lowest BCUT2D eigenvalue weighted by molar-refractivity contribution is 0.283. The summed E-state index contributed by atoms with van der Waals surface area (Å²) < 4.78 is 37.2. The molecule has 1 aliphatic rings. The second kappa shape index (κ2) is 7.31. The zero-order valence-corrected chi connectivity index (χ0v) is 14.0. The number of nitrogens with one attached hydrogen (secondary N) is 1. The van der Waals surface area contributed by atoms with E-state index in [1.165, 1.54) is 30.7 Å². The third kappa shape index (κ3) is 3.79. The van der Waals surface area contributed by atoms with Gasteiger partial charge in [-0.05, 0) is 6.92 Å². The van der Waals surface area contributed by atoms with Crippen molar-refractivity contribution >= 4 is 22.4 Å². The van der Waals surface area contributed by atoms with Crippen LogP contribution >= 0.6 is 12.4 Å². The lowest BCUT2D eigenvalue weighted by Crippen LogP contribution is -2.52. The fraction of sp³-hybridized carbons (Fsp3) is 0.538. The first-order chi connectivity index (χ1) is 9.48. The van der Waals surface area contributed by atoms with Gasteiger partial charge in [0.05, 0.1) is 19.1 Å². The predicted octanol–water partition coefficient (Wildman–Crippen LogP) is 1.11. The Hall–Kier alpha value is -1.02. The van der Waals surface area contributed by atoms with Gasteiger partial charge in [0.15, 0.2) is 0 Å². The van der Waals surface area contributed by atoms with E-state index in [4.69, 9.17) is 9.47 Å². The number of sulfonamides is 1. The molecule has 120 valence electrons. The SMILES string of the molecule is COc1cc(OC)cc(S(=O)(=O)N2CCNCC2C)c1.Cl. The van der Waals surface area contributed by atoms with Crippen molar-refractivity contribution in [2.24, 2.45) is 0 Å². The minimum atomic E-state index is -3.54. The second-order valence-electron chi connectivity index (χ2n) is 4.72. The fourth-order valence-corrected chi connectivity index (χ4v) is 3.93. The molecule has 6 nitrogen and oxygen atoms in total. The summed E-state index contributed by atoms with van der Waals surface area (Å²) >= 11 is 0. The molecule has 1 aromatic rings. The number of hydrogen-bond acceptors (Lipinski definition) is 5. The normalized spacial score (nSPS) is 19.7. The standard InChI is InChI=1S/C13H20N2O4S.ClH/c1-10-9-14-4-5-15(10)20(16,17)13-7-11(18-2)6-12(8-13)19-3;/h6-8,10,14H,4-5,9H2,1-3H3;1H. The Morgan fingerprint density at radius 2 is 1.76 bits per heavy atom. The zero-order chi connectivity index (χ0) is 14.8. The molecular formula is C13H21ClN2O4S. The number of rotatable bonds is 4. The minimum Gasteiger partial charge on any atom is -0.497 e. The molecule has 0 aliphatic carbocycles. The maximum absolute atomic E-state index is 12.7. The van der Waals surface area contributed by atoms with Gasteiger partial charge in [-0.3, -0.25) is 0 Å². The van der Waals surface area contributed by atoms with Gasteiger partial charge in [0.2, 0.25) is 10.0 Å². The van der Waals surface area contributed by atoms with E-state index < -0.39 is 10.0 Å². The van der Waals surface area contributed by atoms with Crippen LogP contribution in [0.5, 0.6) is 11.5 Å². The summed E-state index contributed by atoms with van der Waals surface area (Å²) in [7, 11) is -0.546. The van der Waals surface area contributed by atoms with Gasteiger partial charge in [-0.2, -0.15) is 4.31 Å². The van der Waals surface area contributed by atoms with Crippen molar-refractivity contribution in [1.82, 2.24) is 9.62 Å². The van der Waals surface area contributed by atoms with Crippen LogP contribution in [-0.2, 0) is 10.0 Å². The number of methoxy groups -OCH3 is 2. The van der Waals surface area contributed by atoms with Crippen LogP contribution < -0.4 is 14.8 Å². The molecule has 1 N–H and O–H groups in total. The molecule has 1 saturated heterocycles. The first-order valence-corrected chi connectivity index (χ1v) is 7.88. The van der Waals surface area contributed by atoms with E-state index in [9.17, 15) is 8.42 Å². The van der Waals surface area contributed by atoms with Crippen LogP contribution in [-0.4, -0.2) is 52.6 Å². The van der Waals surface area contributed by atoms with Crippen LogP contribution in [0.15, 0.2) is 23.1 Å². The van der Waals surface area contributed by atoms with Crippen molar-refractivity contribution in [3.8, 4) is 11.5 Å². The molecule has 1 aliphatic heterocycles. The average Bonchev–Trinajstić information content (AvgIpc) is 2.46. The van der Waals surface area contributed by atoms with Crippen LogP contribution in [0.4, 0.5) is 0 Å².